The number of carbonyl (C=O) groups excluding carboxylic acids is 2. The van der Waals surface area contributed by atoms with Gasteiger partial charge in [-0.2, -0.15) is 0 Å². The Balaban J connectivity index is 1.56. The molecule has 0 saturated carbocycles. The number of aromatic amines is 1. The molecule has 0 aliphatic rings. The second-order valence-electron chi connectivity index (χ2n) is 5.71. The van der Waals surface area contributed by atoms with E-state index in [-0.39, 0.29) is 17.9 Å². The highest BCUT2D eigenvalue weighted by Gasteiger charge is 2.14. The average Bonchev–Trinajstić information content (AvgIpc) is 3.07. The topological polar surface area (TPSA) is 83.2 Å². The van der Waals surface area contributed by atoms with Gasteiger partial charge in [-0.05, 0) is 36.2 Å². The van der Waals surface area contributed by atoms with Crippen LogP contribution >= 0.6 is 11.6 Å². The van der Waals surface area contributed by atoms with Gasteiger partial charge in [0.1, 0.15) is 5.75 Å². The Morgan fingerprint density at radius 2 is 1.96 bits per heavy atom. The van der Waals surface area contributed by atoms with Gasteiger partial charge in [0.25, 0.3) is 5.91 Å². The van der Waals surface area contributed by atoms with Gasteiger partial charge in [-0.15, -0.1) is 0 Å². The summed E-state index contributed by atoms with van der Waals surface area (Å²) in [5.41, 5.74) is 7.13. The average molecular weight is 372 g/mol. The maximum absolute atomic E-state index is 12.2. The Hall–Kier alpha value is -2.99. The molecule has 0 spiro atoms. The second-order valence-corrected chi connectivity index (χ2v) is 6.14. The predicted molar refractivity (Wildman–Crippen MR) is 100 cm³/mol. The molecule has 0 saturated heterocycles. The highest BCUT2D eigenvalue weighted by Crippen LogP contribution is 2.22. The quantitative estimate of drug-likeness (QED) is 0.602. The van der Waals surface area contributed by atoms with E-state index in [0.717, 1.165) is 16.5 Å². The number of methoxy groups -OCH3 is 1. The molecule has 0 unspecified atom stereocenters. The Kier molecular flexibility index (Phi) is 5.43. The fraction of sp³-hybridized carbons (Fsp3) is 0.158. The maximum Gasteiger partial charge on any atom is 0.273 e. The molecule has 0 aliphatic carbocycles. The molecule has 0 atom stereocenters. The number of hydrogen-bond donors (Lipinski definition) is 3. The van der Waals surface area contributed by atoms with Crippen molar-refractivity contribution >= 4 is 34.3 Å². The number of fused-ring (bicyclic) bond motifs is 1. The van der Waals surface area contributed by atoms with Gasteiger partial charge >= 0.3 is 0 Å². The molecule has 0 aliphatic heterocycles. The van der Waals surface area contributed by atoms with Gasteiger partial charge in [0, 0.05) is 28.5 Å². The third-order valence-corrected chi connectivity index (χ3v) is 4.25. The molecular weight excluding hydrogens is 354 g/mol. The number of benzene rings is 2. The first kappa shape index (κ1) is 17.8. The molecule has 1 heterocycles. The number of aryl methyl sites for hydroxylation is 1. The van der Waals surface area contributed by atoms with Crippen LogP contribution in [-0.2, 0) is 11.2 Å². The number of ether oxygens (including phenoxy) is 1. The minimum absolute atomic E-state index is 0.245. The summed E-state index contributed by atoms with van der Waals surface area (Å²) >= 11 is 5.91. The molecule has 0 radical (unpaired) electrons. The van der Waals surface area contributed by atoms with E-state index >= 15 is 0 Å². The van der Waals surface area contributed by atoms with Crippen LogP contribution in [0.3, 0.4) is 0 Å². The summed E-state index contributed by atoms with van der Waals surface area (Å²) in [5, 5.41) is 1.50. The van der Waals surface area contributed by atoms with Crippen molar-refractivity contribution in [2.75, 3.05) is 7.11 Å². The van der Waals surface area contributed by atoms with Crippen molar-refractivity contribution in [2.24, 2.45) is 0 Å². The Bertz CT molecular complexity index is 952. The third-order valence-electron chi connectivity index (χ3n) is 4.02. The van der Waals surface area contributed by atoms with E-state index in [0.29, 0.717) is 17.2 Å². The highest BCUT2D eigenvalue weighted by molar-refractivity contribution is 6.31. The first-order chi connectivity index (χ1) is 12.6. The lowest BCUT2D eigenvalue weighted by atomic mass is 10.1. The van der Waals surface area contributed by atoms with Crippen molar-refractivity contribution in [2.45, 2.75) is 12.8 Å². The minimum atomic E-state index is -0.496. The van der Waals surface area contributed by atoms with E-state index in [4.69, 9.17) is 16.3 Å². The van der Waals surface area contributed by atoms with Crippen LogP contribution in [0.4, 0.5) is 0 Å². The maximum atomic E-state index is 12.2. The van der Waals surface area contributed by atoms with Crippen molar-refractivity contribution in [3.63, 3.8) is 0 Å². The van der Waals surface area contributed by atoms with E-state index in [2.05, 4.69) is 15.8 Å². The van der Waals surface area contributed by atoms with Crippen LogP contribution < -0.4 is 15.6 Å². The van der Waals surface area contributed by atoms with Gasteiger partial charge in [-0.3, -0.25) is 20.4 Å². The lowest BCUT2D eigenvalue weighted by molar-refractivity contribution is -0.121. The van der Waals surface area contributed by atoms with E-state index < -0.39 is 5.91 Å². The van der Waals surface area contributed by atoms with E-state index in [9.17, 15) is 9.59 Å². The lowest BCUT2D eigenvalue weighted by Crippen LogP contribution is -2.41. The fourth-order valence-electron chi connectivity index (χ4n) is 2.70. The van der Waals surface area contributed by atoms with Crippen molar-refractivity contribution in [3.05, 3.63) is 64.8 Å². The molecule has 7 heteroatoms. The Labute approximate surface area is 155 Å². The van der Waals surface area contributed by atoms with Crippen LogP contribution in [0, 0.1) is 0 Å². The molecule has 3 N–H and O–H groups in total. The molecule has 0 bridgehead atoms. The largest absolute Gasteiger partial charge is 0.496 e. The predicted octanol–water partition coefficient (Wildman–Crippen LogP) is 3.22. The molecule has 26 heavy (non-hydrogen) atoms. The molecule has 134 valence electrons. The molecule has 1 aromatic heterocycles. The fourth-order valence-corrected chi connectivity index (χ4v) is 2.87. The van der Waals surface area contributed by atoms with Crippen LogP contribution in [-0.4, -0.2) is 23.9 Å². The zero-order valence-electron chi connectivity index (χ0n) is 14.1. The van der Waals surface area contributed by atoms with Gasteiger partial charge in [0.15, 0.2) is 0 Å². The van der Waals surface area contributed by atoms with Crippen LogP contribution in [0.15, 0.2) is 48.7 Å². The van der Waals surface area contributed by atoms with Crippen LogP contribution in [0.1, 0.15) is 22.3 Å². The zero-order chi connectivity index (χ0) is 18.5. The molecule has 3 aromatic rings. The van der Waals surface area contributed by atoms with Gasteiger partial charge in [-0.25, -0.2) is 0 Å². The number of hydrazine groups is 1. The van der Waals surface area contributed by atoms with Gasteiger partial charge in [-0.1, -0.05) is 29.8 Å². The molecule has 3 rings (SSSR count). The number of carbonyl (C=O) groups is 2. The number of aromatic nitrogens is 1. The number of halogens is 1. The number of amides is 2. The summed E-state index contributed by atoms with van der Waals surface area (Å²) in [6.45, 7) is 0. The molecular formula is C19H18ClN3O3. The van der Waals surface area contributed by atoms with Crippen molar-refractivity contribution in [1.29, 1.82) is 0 Å². The number of nitrogens with one attached hydrogen (secondary N) is 3. The van der Waals surface area contributed by atoms with Crippen molar-refractivity contribution in [1.82, 2.24) is 15.8 Å². The standard InChI is InChI=1S/C19H18ClN3O3/c1-26-17-8-7-13(20)10-15(17)19(25)23-22-18(24)9-6-12-11-21-16-5-3-2-4-14(12)16/h2-5,7-8,10-11,21H,6,9H2,1H3,(H,22,24)(H,23,25). The first-order valence-electron chi connectivity index (χ1n) is 8.06. The summed E-state index contributed by atoms with van der Waals surface area (Å²) in [4.78, 5) is 27.4. The van der Waals surface area contributed by atoms with Crippen molar-refractivity contribution in [3.8, 4) is 5.75 Å². The van der Waals surface area contributed by atoms with Gasteiger partial charge in [0.05, 0.1) is 12.7 Å². The van der Waals surface area contributed by atoms with Gasteiger partial charge < -0.3 is 9.72 Å². The molecule has 2 aromatic carbocycles. The molecule has 6 nitrogen and oxygen atoms in total. The third kappa shape index (κ3) is 3.97. The monoisotopic (exact) mass is 371 g/mol. The minimum Gasteiger partial charge on any atom is -0.496 e. The zero-order valence-corrected chi connectivity index (χ0v) is 14.9. The summed E-state index contributed by atoms with van der Waals surface area (Å²) < 4.78 is 5.13. The van der Waals surface area contributed by atoms with Crippen LogP contribution in [0.5, 0.6) is 5.75 Å². The number of H-pyrrole nitrogens is 1. The molecule has 2 amide bonds. The first-order valence-corrected chi connectivity index (χ1v) is 8.44. The number of rotatable bonds is 5. The smallest absolute Gasteiger partial charge is 0.273 e. The second kappa shape index (κ2) is 7.93. The van der Waals surface area contributed by atoms with E-state index in [1.165, 1.54) is 13.2 Å². The summed E-state index contributed by atoms with van der Waals surface area (Å²) in [7, 11) is 1.46. The SMILES string of the molecule is COc1ccc(Cl)cc1C(=O)NNC(=O)CCc1c[nH]c2ccccc12. The summed E-state index contributed by atoms with van der Waals surface area (Å²) in [5.74, 6) is -0.408. The van der Waals surface area contributed by atoms with Crippen molar-refractivity contribution < 1.29 is 14.3 Å². The highest BCUT2D eigenvalue weighted by atomic mass is 35.5. The van der Waals surface area contributed by atoms with Crippen LogP contribution in [0.2, 0.25) is 5.02 Å². The van der Waals surface area contributed by atoms with E-state index in [1.54, 1.807) is 12.1 Å². The normalized spacial score (nSPS) is 10.5. The molecule has 0 fully saturated rings. The Morgan fingerprint density at radius 3 is 2.77 bits per heavy atom. The van der Waals surface area contributed by atoms with E-state index in [1.807, 2.05) is 30.5 Å². The number of para-hydroxylation sites is 1. The summed E-state index contributed by atoms with van der Waals surface area (Å²) in [6, 6.07) is 12.6. The summed E-state index contributed by atoms with van der Waals surface area (Å²) in [6.07, 6.45) is 2.70. The number of hydrogen-bond acceptors (Lipinski definition) is 3. The van der Waals surface area contributed by atoms with Crippen LogP contribution in [0.25, 0.3) is 10.9 Å². The Morgan fingerprint density at radius 1 is 1.15 bits per heavy atom. The lowest BCUT2D eigenvalue weighted by Gasteiger charge is -2.10. The van der Waals surface area contributed by atoms with Gasteiger partial charge in [0.2, 0.25) is 5.91 Å².